The molecule has 0 spiro atoms. The van der Waals surface area contributed by atoms with E-state index in [4.69, 9.17) is 16.8 Å². The van der Waals surface area contributed by atoms with Crippen molar-refractivity contribution in [1.29, 1.82) is 0 Å². The fourth-order valence-electron chi connectivity index (χ4n) is 6.45. The van der Waals surface area contributed by atoms with Crippen LogP contribution in [0.5, 0.6) is 0 Å². The van der Waals surface area contributed by atoms with Gasteiger partial charge in [0.25, 0.3) is 0 Å². The van der Waals surface area contributed by atoms with Gasteiger partial charge in [-0.05, 0) is 49.4 Å². The molecule has 8 aromatic carbocycles. The number of fused-ring (bicyclic) bond motifs is 3. The minimum Gasteiger partial charge on any atom is -0.455 e. The van der Waals surface area contributed by atoms with Crippen molar-refractivity contribution >= 4 is 32.5 Å². The van der Waals surface area contributed by atoms with Crippen LogP contribution in [0.4, 0.5) is 0 Å². The first-order valence-electron chi connectivity index (χ1n) is 21.6. The Labute approximate surface area is 292 Å². The Morgan fingerprint density at radius 3 is 1.45 bits per heavy atom. The highest BCUT2D eigenvalue weighted by Crippen LogP contribution is 2.51. The summed E-state index contributed by atoms with van der Waals surface area (Å²) >= 11 is 0. The lowest BCUT2D eigenvalue weighted by Gasteiger charge is -2.18. The Balaban J connectivity index is 1.62. The molecule has 0 saturated heterocycles. The molecule has 0 radical (unpaired) electrons. The fourth-order valence-corrected chi connectivity index (χ4v) is 6.45. The molecular weight excluding hydrogens is 569 g/mol. The zero-order chi connectivity index (χ0) is 42.5. The molecule has 0 aliphatic rings. The average molecular weight is 612 g/mol. The van der Waals surface area contributed by atoms with Crippen LogP contribution in [0.25, 0.3) is 88.3 Å². The van der Waals surface area contributed by atoms with Gasteiger partial charge in [-0.2, -0.15) is 0 Å². The van der Waals surface area contributed by atoms with Crippen LogP contribution in [0.1, 0.15) is 17.8 Å². The Hall–Kier alpha value is -6.18. The van der Waals surface area contributed by atoms with E-state index in [1.807, 2.05) is 97.1 Å². The predicted octanol–water partition coefficient (Wildman–Crippen LogP) is 13.1. The standard InChI is InChI=1S/C46H30O/c1-4-17-31(18-5-1)34-23-10-15-28-40(34)46-44(41-30-16-29-35(45(41)47-46)32-19-6-2-7-20-32)43-38-26-13-11-24-36(38)42(33-21-8-3-9-22-33)37-25-12-14-27-39(37)43/h1-30H/i3D,8D,9D,11D,12D,13D,14D,21D,22D,24D,25D,26D,27D. The fraction of sp³-hybridized carbons (Fsp3) is 0. The zero-order valence-electron chi connectivity index (χ0n) is 37.7. The first kappa shape index (κ1) is 16.9. The van der Waals surface area contributed by atoms with Crippen molar-refractivity contribution in [2.24, 2.45) is 0 Å². The van der Waals surface area contributed by atoms with Gasteiger partial charge in [0.15, 0.2) is 0 Å². The van der Waals surface area contributed by atoms with Gasteiger partial charge < -0.3 is 4.42 Å². The number of hydrogen-bond acceptors (Lipinski definition) is 1. The molecule has 9 rings (SSSR count). The van der Waals surface area contributed by atoms with Crippen LogP contribution in [0.2, 0.25) is 0 Å². The topological polar surface area (TPSA) is 13.1 Å². The number of furan rings is 1. The van der Waals surface area contributed by atoms with E-state index in [0.29, 0.717) is 22.1 Å². The molecule has 1 heteroatoms. The summed E-state index contributed by atoms with van der Waals surface area (Å²) in [6, 6.07) is 23.3. The predicted molar refractivity (Wildman–Crippen MR) is 198 cm³/mol. The van der Waals surface area contributed by atoms with Gasteiger partial charge >= 0.3 is 0 Å². The molecule has 0 unspecified atom stereocenters. The Kier molecular flexibility index (Phi) is 4.08. The van der Waals surface area contributed by atoms with Crippen molar-refractivity contribution in [3.05, 3.63) is 182 Å². The van der Waals surface area contributed by atoms with Gasteiger partial charge in [-0.25, -0.2) is 0 Å². The number of benzene rings is 8. The molecule has 47 heavy (non-hydrogen) atoms. The number of para-hydroxylation sites is 1. The highest BCUT2D eigenvalue weighted by Gasteiger charge is 2.26. The largest absolute Gasteiger partial charge is 0.455 e. The molecule has 0 N–H and O–H groups in total. The minimum atomic E-state index is -0.730. The normalized spacial score (nSPS) is 15.3. The highest BCUT2D eigenvalue weighted by atomic mass is 16.3. The first-order valence-corrected chi connectivity index (χ1v) is 15.1. The summed E-state index contributed by atoms with van der Waals surface area (Å²) in [6.07, 6.45) is 0. The van der Waals surface area contributed by atoms with Gasteiger partial charge in [0.1, 0.15) is 11.3 Å². The van der Waals surface area contributed by atoms with Crippen LogP contribution in [0.15, 0.2) is 186 Å². The molecule has 0 amide bonds. The second-order valence-corrected chi connectivity index (χ2v) is 11.0. The molecule has 9 aromatic rings. The van der Waals surface area contributed by atoms with E-state index >= 15 is 0 Å². The van der Waals surface area contributed by atoms with Crippen molar-refractivity contribution in [1.82, 2.24) is 0 Å². The maximum absolute atomic E-state index is 9.57. The molecule has 0 aliphatic heterocycles. The van der Waals surface area contributed by atoms with E-state index in [0.717, 1.165) is 16.7 Å². The van der Waals surface area contributed by atoms with Crippen molar-refractivity contribution in [3.63, 3.8) is 0 Å². The van der Waals surface area contributed by atoms with Gasteiger partial charge in [-0.3, -0.25) is 0 Å². The van der Waals surface area contributed by atoms with Crippen molar-refractivity contribution in [2.45, 2.75) is 0 Å². The number of rotatable bonds is 5. The summed E-state index contributed by atoms with van der Waals surface area (Å²) < 4.78 is 124. The Morgan fingerprint density at radius 1 is 0.340 bits per heavy atom. The Morgan fingerprint density at radius 2 is 0.830 bits per heavy atom. The maximum atomic E-state index is 9.57. The monoisotopic (exact) mass is 611 g/mol. The van der Waals surface area contributed by atoms with Gasteiger partial charge in [0.2, 0.25) is 0 Å². The van der Waals surface area contributed by atoms with Crippen LogP contribution in [-0.2, 0) is 0 Å². The van der Waals surface area contributed by atoms with E-state index in [9.17, 15) is 5.48 Å². The third kappa shape index (κ3) is 4.47. The van der Waals surface area contributed by atoms with Gasteiger partial charge in [-0.1, -0.05) is 182 Å². The van der Waals surface area contributed by atoms with Gasteiger partial charge in [0.05, 0.1) is 17.8 Å². The van der Waals surface area contributed by atoms with E-state index in [1.54, 1.807) is 6.07 Å². The van der Waals surface area contributed by atoms with Crippen molar-refractivity contribution in [2.75, 3.05) is 0 Å². The van der Waals surface area contributed by atoms with E-state index < -0.39 is 84.1 Å². The zero-order valence-corrected chi connectivity index (χ0v) is 24.7. The van der Waals surface area contributed by atoms with Crippen LogP contribution < -0.4 is 0 Å². The number of hydrogen-bond donors (Lipinski definition) is 0. The lowest BCUT2D eigenvalue weighted by molar-refractivity contribution is 0.634. The third-order valence-electron chi connectivity index (χ3n) is 8.43. The lowest BCUT2D eigenvalue weighted by Crippen LogP contribution is -1.92. The summed E-state index contributed by atoms with van der Waals surface area (Å²) in [6.45, 7) is 0. The smallest absolute Gasteiger partial charge is 0.143 e. The molecule has 0 aliphatic carbocycles. The first-order chi connectivity index (χ1) is 28.8. The molecule has 1 heterocycles. The molecule has 0 atom stereocenters. The third-order valence-corrected chi connectivity index (χ3v) is 8.43. The average Bonchev–Trinajstić information content (AvgIpc) is 3.66. The molecule has 220 valence electrons. The molecule has 1 nitrogen and oxygen atoms in total. The van der Waals surface area contributed by atoms with E-state index in [2.05, 4.69) is 0 Å². The van der Waals surface area contributed by atoms with Crippen molar-refractivity contribution < 1.29 is 22.2 Å². The molecule has 1 aromatic heterocycles. The molecule has 0 saturated carbocycles. The van der Waals surface area contributed by atoms with E-state index in [-0.39, 0.29) is 44.0 Å². The summed E-state index contributed by atoms with van der Waals surface area (Å²) in [5.74, 6) is 0.241. The van der Waals surface area contributed by atoms with Crippen molar-refractivity contribution in [3.8, 4) is 55.8 Å². The quantitative estimate of drug-likeness (QED) is 0.176. The molecule has 0 fully saturated rings. The van der Waals surface area contributed by atoms with Crippen LogP contribution in [-0.4, -0.2) is 0 Å². The minimum absolute atomic E-state index is 0.00283. The molecule has 0 bridgehead atoms. The van der Waals surface area contributed by atoms with Crippen LogP contribution >= 0.6 is 0 Å². The van der Waals surface area contributed by atoms with Crippen LogP contribution in [0.3, 0.4) is 0 Å². The molecular formula is C46H30O. The van der Waals surface area contributed by atoms with Gasteiger partial charge in [-0.15, -0.1) is 0 Å². The van der Waals surface area contributed by atoms with Crippen LogP contribution in [0, 0.1) is 0 Å². The second-order valence-electron chi connectivity index (χ2n) is 11.0. The van der Waals surface area contributed by atoms with E-state index in [1.165, 1.54) is 0 Å². The summed E-state index contributed by atoms with van der Waals surface area (Å²) in [5.41, 5.74) is 3.49. The summed E-state index contributed by atoms with van der Waals surface area (Å²) in [4.78, 5) is 0. The van der Waals surface area contributed by atoms with Gasteiger partial charge in [0, 0.05) is 27.6 Å². The Bertz CT molecular complexity index is 3180. The summed E-state index contributed by atoms with van der Waals surface area (Å²) in [5, 5.41) is -0.490. The SMILES string of the molecule is [2H]c1c([2H])c([2H])c(-c2c3c([2H])c([2H])c([2H])c([2H])c3c(-c3c(-c4ccccc4-c4ccccc4)oc4c(-c5ccccc5)cccc34)c3c([2H])c([2H])c([2H])c([2H])c23)c([2H])c1[2H]. The highest BCUT2D eigenvalue weighted by molar-refractivity contribution is 6.25. The lowest BCUT2D eigenvalue weighted by atomic mass is 9.84. The maximum Gasteiger partial charge on any atom is 0.143 e. The second kappa shape index (κ2) is 11.3. The summed E-state index contributed by atoms with van der Waals surface area (Å²) in [7, 11) is 0.